The fourth-order valence-corrected chi connectivity index (χ4v) is 12.0. The predicted octanol–water partition coefficient (Wildman–Crippen LogP) is 13.3. The second kappa shape index (κ2) is 19.9. The molecule has 4 aliphatic carbocycles. The maximum absolute atomic E-state index is 12.9. The van der Waals surface area contributed by atoms with Gasteiger partial charge in [0.05, 0.1) is 6.10 Å². The number of fused-ring (bicyclic) bond motifs is 5. The van der Waals surface area contributed by atoms with Crippen molar-refractivity contribution in [1.29, 1.82) is 0 Å². The molecule has 2 unspecified atom stereocenters. The van der Waals surface area contributed by atoms with Crippen LogP contribution in [0, 0.1) is 58.2 Å². The number of rotatable bonds is 21. The minimum atomic E-state index is -0.169. The molecule has 0 aromatic heterocycles. The van der Waals surface area contributed by atoms with E-state index in [0.717, 1.165) is 98.7 Å². The van der Waals surface area contributed by atoms with Crippen molar-refractivity contribution in [3.63, 3.8) is 0 Å². The number of esters is 1. The number of carbonyl (C=O) groups excluding carboxylic acids is 1. The van der Waals surface area contributed by atoms with Crippen LogP contribution in [-0.2, 0) is 9.53 Å². The molecule has 0 radical (unpaired) electrons. The van der Waals surface area contributed by atoms with Gasteiger partial charge >= 0.3 is 5.97 Å². The van der Waals surface area contributed by atoms with Crippen LogP contribution in [0.2, 0.25) is 0 Å². The number of aliphatic hydroxyl groups excluding tert-OH is 1. The first-order valence-electron chi connectivity index (χ1n) is 22.0. The lowest BCUT2D eigenvalue weighted by Gasteiger charge is -2.61. The molecule has 0 aliphatic heterocycles. The lowest BCUT2D eigenvalue weighted by Crippen LogP contribution is -2.54. The summed E-state index contributed by atoms with van der Waals surface area (Å²) in [4.78, 5) is 12.9. The number of ether oxygens (including phenoxy) is 1. The van der Waals surface area contributed by atoms with Gasteiger partial charge in [-0.3, -0.25) is 4.79 Å². The van der Waals surface area contributed by atoms with Crippen molar-refractivity contribution >= 4 is 5.97 Å². The van der Waals surface area contributed by atoms with Gasteiger partial charge in [-0.25, -0.2) is 0 Å². The molecule has 3 heteroatoms. The van der Waals surface area contributed by atoms with Crippen molar-refractivity contribution in [3.05, 3.63) is 12.2 Å². The summed E-state index contributed by atoms with van der Waals surface area (Å²) in [7, 11) is 0. The molecule has 4 saturated carbocycles. The monoisotopic (exact) mass is 683 g/mol. The maximum atomic E-state index is 12.9. The highest BCUT2D eigenvalue weighted by Gasteiger charge is 2.60. The van der Waals surface area contributed by atoms with Crippen molar-refractivity contribution in [3.8, 4) is 0 Å². The Kier molecular flexibility index (Phi) is 16.6. The van der Waals surface area contributed by atoms with Crippen LogP contribution in [0.15, 0.2) is 12.2 Å². The van der Waals surface area contributed by atoms with Crippen molar-refractivity contribution in [2.24, 2.45) is 58.2 Å². The summed E-state index contributed by atoms with van der Waals surface area (Å²) in [5.74, 6) is 7.00. The second-order valence-electron chi connectivity index (χ2n) is 19.1. The molecule has 1 N–H and O–H groups in total. The average molecular weight is 683 g/mol. The lowest BCUT2D eigenvalue weighted by atomic mass is 9.44. The van der Waals surface area contributed by atoms with Gasteiger partial charge in [0.2, 0.25) is 0 Å². The summed E-state index contributed by atoms with van der Waals surface area (Å²) in [6.07, 6.45) is 33.4. The Morgan fingerprint density at radius 1 is 0.776 bits per heavy atom. The predicted molar refractivity (Wildman–Crippen MR) is 208 cm³/mol. The van der Waals surface area contributed by atoms with E-state index in [4.69, 9.17) is 4.74 Å². The van der Waals surface area contributed by atoms with Gasteiger partial charge in [-0.15, -0.1) is 0 Å². The molecule has 3 nitrogen and oxygen atoms in total. The molecule has 0 amide bonds. The summed E-state index contributed by atoms with van der Waals surface area (Å²) in [6, 6.07) is 0. The molecule has 0 aromatic carbocycles. The Hall–Kier alpha value is -0.830. The lowest BCUT2D eigenvalue weighted by molar-refractivity contribution is -0.162. The molecule has 4 fully saturated rings. The summed E-state index contributed by atoms with van der Waals surface area (Å²) in [5, 5.41) is 10.1. The first-order valence-corrected chi connectivity index (χ1v) is 22.0. The third-order valence-electron chi connectivity index (χ3n) is 15.6. The van der Waals surface area contributed by atoms with Crippen LogP contribution < -0.4 is 0 Å². The van der Waals surface area contributed by atoms with E-state index >= 15 is 0 Å². The largest absolute Gasteiger partial charge is 0.462 e. The molecule has 0 heterocycles. The number of carbonyl (C=O) groups is 1. The van der Waals surface area contributed by atoms with Gasteiger partial charge in [0.1, 0.15) is 6.10 Å². The minimum absolute atomic E-state index is 0.0563. The van der Waals surface area contributed by atoms with Gasteiger partial charge in [0.15, 0.2) is 0 Å². The van der Waals surface area contributed by atoms with E-state index in [0.29, 0.717) is 17.3 Å². The van der Waals surface area contributed by atoms with Crippen molar-refractivity contribution in [1.82, 2.24) is 0 Å². The summed E-state index contributed by atoms with van der Waals surface area (Å²) < 4.78 is 6.16. The highest BCUT2D eigenvalue weighted by molar-refractivity contribution is 5.69. The zero-order valence-electron chi connectivity index (χ0n) is 33.7. The van der Waals surface area contributed by atoms with E-state index < -0.39 is 0 Å². The minimum Gasteiger partial charge on any atom is -0.462 e. The fraction of sp³-hybridized carbons (Fsp3) is 0.935. The van der Waals surface area contributed by atoms with Crippen molar-refractivity contribution < 1.29 is 14.6 Å². The van der Waals surface area contributed by atoms with Crippen molar-refractivity contribution in [2.45, 2.75) is 215 Å². The Morgan fingerprint density at radius 3 is 2.27 bits per heavy atom. The number of hydrogen-bond acceptors (Lipinski definition) is 3. The quantitative estimate of drug-likeness (QED) is 0.0744. The zero-order chi connectivity index (χ0) is 35.4. The van der Waals surface area contributed by atoms with Gasteiger partial charge in [0, 0.05) is 6.42 Å². The van der Waals surface area contributed by atoms with Crippen LogP contribution in [-0.4, -0.2) is 23.3 Å². The fourth-order valence-electron chi connectivity index (χ4n) is 12.0. The van der Waals surface area contributed by atoms with Gasteiger partial charge in [-0.1, -0.05) is 118 Å². The first-order chi connectivity index (χ1) is 23.5. The van der Waals surface area contributed by atoms with E-state index in [-0.39, 0.29) is 18.2 Å². The van der Waals surface area contributed by atoms with Gasteiger partial charge in [0.25, 0.3) is 0 Å². The van der Waals surface area contributed by atoms with E-state index in [1.165, 1.54) is 96.3 Å². The molecule has 0 aromatic rings. The Labute approximate surface area is 305 Å². The molecule has 0 saturated heterocycles. The van der Waals surface area contributed by atoms with Crippen LogP contribution in [0.3, 0.4) is 0 Å². The van der Waals surface area contributed by atoms with Crippen LogP contribution >= 0.6 is 0 Å². The summed E-state index contributed by atoms with van der Waals surface area (Å²) in [5.41, 5.74) is 1.01. The summed E-state index contributed by atoms with van der Waals surface area (Å²) in [6.45, 7) is 17.5. The Balaban J connectivity index is 1.11. The third-order valence-corrected chi connectivity index (χ3v) is 15.6. The molecule has 0 bridgehead atoms. The van der Waals surface area contributed by atoms with Gasteiger partial charge in [-0.05, 0) is 148 Å². The zero-order valence-corrected chi connectivity index (χ0v) is 33.7. The smallest absolute Gasteiger partial charge is 0.306 e. The van der Waals surface area contributed by atoms with E-state index in [1.807, 2.05) is 0 Å². The molecule has 4 aliphatic rings. The normalized spacial score (nSPS) is 34.7. The molecule has 0 spiro atoms. The molecular weight excluding hydrogens is 601 g/mol. The molecular formula is C46H82O3. The highest BCUT2D eigenvalue weighted by Crippen LogP contribution is 2.68. The van der Waals surface area contributed by atoms with Crippen LogP contribution in [0.5, 0.6) is 0 Å². The molecule has 4 rings (SSSR count). The van der Waals surface area contributed by atoms with Gasteiger partial charge in [-0.2, -0.15) is 0 Å². The summed E-state index contributed by atoms with van der Waals surface area (Å²) >= 11 is 0. The van der Waals surface area contributed by atoms with Crippen molar-refractivity contribution in [2.75, 3.05) is 0 Å². The van der Waals surface area contributed by atoms with Crippen LogP contribution in [0.25, 0.3) is 0 Å². The SMILES string of the molecule is CCCCCC[C@@H](O)C/C=C\CCCCCCCC(=O)OC1CC[C@@]2(C)C(CC[C@H]3[C@@H]4CC[C@H]([C@H](C)CC[C@@H](C)C(C)C)[C@@]4(C)CC[C@@H]32)C1. The van der Waals surface area contributed by atoms with Gasteiger partial charge < -0.3 is 9.84 Å². The molecule has 11 atom stereocenters. The van der Waals surface area contributed by atoms with Crippen LogP contribution in [0.1, 0.15) is 203 Å². The third kappa shape index (κ3) is 11.1. The van der Waals surface area contributed by atoms with Crippen LogP contribution in [0.4, 0.5) is 0 Å². The van der Waals surface area contributed by atoms with E-state index in [1.54, 1.807) is 0 Å². The highest BCUT2D eigenvalue weighted by atomic mass is 16.5. The number of hydrogen-bond donors (Lipinski definition) is 1. The molecule has 49 heavy (non-hydrogen) atoms. The standard InChI is InChI=1S/C46H82O3/c1-8-9-10-17-20-38(47)21-18-15-13-11-12-14-16-19-22-44(48)49-39-29-31-45(6)37(33-39)25-26-40-42-28-27-41(46(42,7)32-30-43(40)45)36(5)24-23-35(4)34(2)3/h15,18,34-43,47H,8-14,16-17,19-33H2,1-7H3/b18-15-/t35-,36-,37?,38-,39?,40+,41-,42+,43+,45+,46-/m1/s1. The van der Waals surface area contributed by atoms with E-state index in [9.17, 15) is 9.90 Å². The topological polar surface area (TPSA) is 46.5 Å². The van der Waals surface area contributed by atoms with E-state index in [2.05, 4.69) is 60.6 Å². The second-order valence-corrected chi connectivity index (χ2v) is 19.1. The Bertz CT molecular complexity index is 987. The average Bonchev–Trinajstić information content (AvgIpc) is 3.43. The maximum Gasteiger partial charge on any atom is 0.306 e. The molecule has 284 valence electrons. The number of aliphatic hydroxyl groups is 1. The Morgan fingerprint density at radius 2 is 1.49 bits per heavy atom. The number of unbranched alkanes of at least 4 members (excludes halogenated alkanes) is 8. The first kappa shape index (κ1) is 40.9. The number of allylic oxidation sites excluding steroid dienone is 1.